The van der Waals surface area contributed by atoms with Crippen LogP contribution in [0.2, 0.25) is 0 Å². The van der Waals surface area contributed by atoms with E-state index >= 15 is 0 Å². The summed E-state index contributed by atoms with van der Waals surface area (Å²) in [7, 11) is -6.95. The van der Waals surface area contributed by atoms with Gasteiger partial charge in [0.1, 0.15) is 6.54 Å². The molecule has 1 amide bonds. The van der Waals surface area contributed by atoms with E-state index in [1.165, 1.54) is 4.90 Å². The Morgan fingerprint density at radius 1 is 1.15 bits per heavy atom. The van der Waals surface area contributed by atoms with Crippen LogP contribution in [0.5, 0.6) is 0 Å². The van der Waals surface area contributed by atoms with Gasteiger partial charge in [-0.25, -0.2) is 16.8 Å². The fourth-order valence-corrected chi connectivity index (χ4v) is 7.39. The van der Waals surface area contributed by atoms with E-state index in [1.54, 1.807) is 31.2 Å². The third kappa shape index (κ3) is 2.89. The van der Waals surface area contributed by atoms with Crippen molar-refractivity contribution >= 4 is 42.2 Å². The van der Waals surface area contributed by atoms with Crippen LogP contribution in [0.25, 0.3) is 10.8 Å². The smallest absolute Gasteiger partial charge is 0.265 e. The molecule has 7 nitrogen and oxygen atoms in total. The number of amides is 1. The van der Waals surface area contributed by atoms with Crippen LogP contribution in [-0.4, -0.2) is 58.3 Å². The van der Waals surface area contributed by atoms with Crippen molar-refractivity contribution in [3.63, 3.8) is 0 Å². The topological polar surface area (TPSA) is 91.8 Å². The quantitative estimate of drug-likeness (QED) is 0.762. The lowest BCUT2D eigenvalue weighted by molar-refractivity contribution is -0.131. The summed E-state index contributed by atoms with van der Waals surface area (Å²) in [5, 5.41) is 1.43. The number of sulfone groups is 1. The molecule has 1 saturated heterocycles. The van der Waals surface area contributed by atoms with Crippen LogP contribution in [-0.2, 0) is 24.7 Å². The molecule has 2 aromatic carbocycles. The monoisotopic (exact) mass is 408 g/mol. The van der Waals surface area contributed by atoms with Gasteiger partial charge in [-0.15, -0.1) is 0 Å². The number of carbonyl (C=O) groups is 1. The van der Waals surface area contributed by atoms with Gasteiger partial charge in [0.05, 0.1) is 22.1 Å². The summed E-state index contributed by atoms with van der Waals surface area (Å²) in [6.45, 7) is 1.78. The van der Waals surface area contributed by atoms with Crippen LogP contribution in [0.15, 0.2) is 41.3 Å². The molecule has 2 aliphatic heterocycles. The van der Waals surface area contributed by atoms with Gasteiger partial charge in [0.15, 0.2) is 9.84 Å². The summed E-state index contributed by atoms with van der Waals surface area (Å²) in [5.74, 6) is -0.378. The fraction of sp³-hybridized carbons (Fsp3) is 0.389. The van der Waals surface area contributed by atoms with Crippen molar-refractivity contribution < 1.29 is 21.6 Å². The van der Waals surface area contributed by atoms with Crippen LogP contribution < -0.4 is 4.31 Å². The average molecular weight is 409 g/mol. The maximum absolute atomic E-state index is 13.0. The second-order valence-corrected chi connectivity index (χ2v) is 10.9. The second kappa shape index (κ2) is 6.20. The van der Waals surface area contributed by atoms with Gasteiger partial charge in [-0.2, -0.15) is 0 Å². The van der Waals surface area contributed by atoms with Gasteiger partial charge in [0.2, 0.25) is 5.91 Å². The predicted octanol–water partition coefficient (Wildman–Crippen LogP) is 1.38. The minimum absolute atomic E-state index is 0.0604. The summed E-state index contributed by atoms with van der Waals surface area (Å²) in [6, 6.07) is 9.98. The molecule has 1 atom stereocenters. The number of anilines is 1. The average Bonchev–Trinajstić information content (AvgIpc) is 3.07. The minimum Gasteiger partial charge on any atom is -0.337 e. The van der Waals surface area contributed by atoms with E-state index in [-0.39, 0.29) is 28.9 Å². The normalized spacial score (nSPS) is 22.3. The van der Waals surface area contributed by atoms with E-state index in [2.05, 4.69) is 0 Å². The Morgan fingerprint density at radius 3 is 2.48 bits per heavy atom. The summed E-state index contributed by atoms with van der Waals surface area (Å²) in [6.07, 6.45) is 0.393. The SMILES string of the molecule is CCN(C(=O)CN1c2cccc3cccc(c23)S1(=O)=O)C1CCS(=O)(=O)C1. The Labute approximate surface area is 158 Å². The molecular weight excluding hydrogens is 388 g/mol. The van der Waals surface area contributed by atoms with Crippen LogP contribution >= 0.6 is 0 Å². The molecule has 2 aliphatic rings. The van der Waals surface area contributed by atoms with E-state index in [0.717, 1.165) is 9.69 Å². The Morgan fingerprint density at radius 2 is 1.85 bits per heavy atom. The zero-order valence-corrected chi connectivity index (χ0v) is 16.5. The van der Waals surface area contributed by atoms with Gasteiger partial charge in [-0.05, 0) is 30.9 Å². The van der Waals surface area contributed by atoms with Crippen molar-refractivity contribution in [3.05, 3.63) is 36.4 Å². The number of likely N-dealkylation sites (N-methyl/N-ethyl adjacent to an activating group) is 1. The summed E-state index contributed by atoms with van der Waals surface area (Å²) in [4.78, 5) is 14.6. The highest BCUT2D eigenvalue weighted by Crippen LogP contribution is 2.41. The number of sulfonamides is 1. The van der Waals surface area contributed by atoms with Crippen LogP contribution in [0.3, 0.4) is 0 Å². The molecule has 144 valence electrons. The van der Waals surface area contributed by atoms with E-state index in [0.29, 0.717) is 24.0 Å². The molecule has 0 N–H and O–H groups in total. The standard InChI is InChI=1S/C18H20N2O5S2/c1-2-19(14-9-10-26(22,23)12-14)17(21)11-20-15-7-3-5-13-6-4-8-16(18(13)15)27(20,24)25/h3-8,14H,2,9-12H2,1H3. The van der Waals surface area contributed by atoms with E-state index in [1.807, 2.05) is 12.1 Å². The molecule has 0 spiro atoms. The third-order valence-electron chi connectivity index (χ3n) is 5.27. The first kappa shape index (κ1) is 18.2. The van der Waals surface area contributed by atoms with Crippen molar-refractivity contribution in [3.8, 4) is 0 Å². The number of hydrogen-bond donors (Lipinski definition) is 0. The molecule has 4 rings (SSSR count). The number of carbonyl (C=O) groups excluding carboxylic acids is 1. The number of rotatable bonds is 4. The van der Waals surface area contributed by atoms with Crippen molar-refractivity contribution in [2.45, 2.75) is 24.3 Å². The lowest BCUT2D eigenvalue weighted by Crippen LogP contribution is -2.46. The van der Waals surface area contributed by atoms with Crippen molar-refractivity contribution in [2.75, 3.05) is 28.9 Å². The lowest BCUT2D eigenvalue weighted by Gasteiger charge is -2.29. The number of hydrogen-bond acceptors (Lipinski definition) is 5. The Balaban J connectivity index is 1.67. The molecule has 27 heavy (non-hydrogen) atoms. The first-order chi connectivity index (χ1) is 12.7. The number of nitrogens with zero attached hydrogens (tertiary/aromatic N) is 2. The zero-order valence-electron chi connectivity index (χ0n) is 14.8. The molecule has 0 aliphatic carbocycles. The summed E-state index contributed by atoms with van der Waals surface area (Å²) < 4.78 is 50.7. The highest BCUT2D eigenvalue weighted by molar-refractivity contribution is 7.93. The van der Waals surface area contributed by atoms with Crippen molar-refractivity contribution in [1.29, 1.82) is 0 Å². The maximum Gasteiger partial charge on any atom is 0.265 e. The third-order valence-corrected chi connectivity index (χ3v) is 8.82. The largest absolute Gasteiger partial charge is 0.337 e. The zero-order chi connectivity index (χ0) is 19.4. The van der Waals surface area contributed by atoms with Crippen molar-refractivity contribution in [2.24, 2.45) is 0 Å². The minimum atomic E-state index is -3.81. The van der Waals surface area contributed by atoms with Gasteiger partial charge < -0.3 is 4.90 Å². The molecule has 1 unspecified atom stereocenters. The molecule has 0 aromatic heterocycles. The van der Waals surface area contributed by atoms with Gasteiger partial charge in [0, 0.05) is 18.0 Å². The first-order valence-corrected chi connectivity index (χ1v) is 12.0. The molecule has 0 saturated carbocycles. The number of benzene rings is 2. The molecule has 1 fully saturated rings. The Bertz CT molecular complexity index is 1140. The molecular formula is C18H20N2O5S2. The highest BCUT2D eigenvalue weighted by atomic mass is 32.2. The van der Waals surface area contributed by atoms with Crippen molar-refractivity contribution in [1.82, 2.24) is 4.90 Å². The molecule has 9 heteroatoms. The molecule has 0 bridgehead atoms. The van der Waals surface area contributed by atoms with Gasteiger partial charge >= 0.3 is 0 Å². The van der Waals surface area contributed by atoms with Gasteiger partial charge in [-0.3, -0.25) is 9.10 Å². The van der Waals surface area contributed by atoms with E-state index in [9.17, 15) is 21.6 Å². The van der Waals surface area contributed by atoms with Crippen LogP contribution in [0.1, 0.15) is 13.3 Å². The molecule has 0 radical (unpaired) electrons. The van der Waals surface area contributed by atoms with Crippen LogP contribution in [0.4, 0.5) is 5.69 Å². The van der Waals surface area contributed by atoms with Gasteiger partial charge in [-0.1, -0.05) is 24.3 Å². The molecule has 2 aromatic rings. The summed E-state index contributed by atoms with van der Waals surface area (Å²) in [5.41, 5.74) is 0.492. The van der Waals surface area contributed by atoms with Gasteiger partial charge in [0.25, 0.3) is 10.0 Å². The Kier molecular flexibility index (Phi) is 4.19. The summed E-state index contributed by atoms with van der Waals surface area (Å²) >= 11 is 0. The van der Waals surface area contributed by atoms with Crippen LogP contribution in [0, 0.1) is 0 Å². The first-order valence-electron chi connectivity index (χ1n) is 8.79. The second-order valence-electron chi connectivity index (χ2n) is 6.88. The molecule has 2 heterocycles. The fourth-order valence-electron chi connectivity index (χ4n) is 4.00. The lowest BCUT2D eigenvalue weighted by atomic mass is 10.1. The predicted molar refractivity (Wildman–Crippen MR) is 103 cm³/mol. The highest BCUT2D eigenvalue weighted by Gasteiger charge is 2.39. The van der Waals surface area contributed by atoms with E-state index < -0.39 is 25.9 Å². The Hall–Kier alpha value is -2.13. The van der Waals surface area contributed by atoms with E-state index in [4.69, 9.17) is 0 Å². The maximum atomic E-state index is 13.0.